The van der Waals surface area contributed by atoms with Crippen molar-refractivity contribution in [1.29, 1.82) is 0 Å². The van der Waals surface area contributed by atoms with E-state index in [0.717, 1.165) is 50.2 Å². The van der Waals surface area contributed by atoms with Crippen LogP contribution >= 0.6 is 0 Å². The molecule has 0 amide bonds. The minimum absolute atomic E-state index is 0.533. The molecule has 1 aliphatic heterocycles. The van der Waals surface area contributed by atoms with Gasteiger partial charge in [-0.1, -0.05) is 18.2 Å². The predicted octanol–water partition coefficient (Wildman–Crippen LogP) is 3.95. The zero-order valence-electron chi connectivity index (χ0n) is 14.2. The summed E-state index contributed by atoms with van der Waals surface area (Å²) in [5.41, 5.74) is 1.80. The molecule has 25 heavy (non-hydrogen) atoms. The molecule has 1 aromatic heterocycles. The van der Waals surface area contributed by atoms with Crippen LogP contribution in [0.15, 0.2) is 42.6 Å². The van der Waals surface area contributed by atoms with Crippen LogP contribution in [0.3, 0.4) is 0 Å². The first-order chi connectivity index (χ1) is 11.9. The highest BCUT2D eigenvalue weighted by molar-refractivity contribution is 5.59. The molecule has 3 rings (SSSR count). The van der Waals surface area contributed by atoms with Gasteiger partial charge in [0.2, 0.25) is 0 Å². The van der Waals surface area contributed by atoms with Gasteiger partial charge >= 0.3 is 6.18 Å². The van der Waals surface area contributed by atoms with Crippen molar-refractivity contribution in [2.75, 3.05) is 20.1 Å². The first kappa shape index (κ1) is 17.9. The lowest BCUT2D eigenvalue weighted by Crippen LogP contribution is -2.40. The summed E-state index contributed by atoms with van der Waals surface area (Å²) in [5.74, 6) is 0. The molecule has 0 bridgehead atoms. The van der Waals surface area contributed by atoms with Crippen LogP contribution in [0.1, 0.15) is 24.0 Å². The van der Waals surface area contributed by atoms with E-state index < -0.39 is 11.7 Å². The number of hydrogen-bond acceptors (Lipinski definition) is 3. The molecule has 134 valence electrons. The fraction of sp³-hybridized carbons (Fsp3) is 0.421. The number of likely N-dealkylation sites (tertiary alicyclic amines) is 1. The van der Waals surface area contributed by atoms with Crippen molar-refractivity contribution in [1.82, 2.24) is 15.2 Å². The van der Waals surface area contributed by atoms with E-state index in [4.69, 9.17) is 0 Å². The highest BCUT2D eigenvalue weighted by Gasteiger charge is 2.30. The van der Waals surface area contributed by atoms with Gasteiger partial charge in [0.05, 0.1) is 11.3 Å². The molecule has 1 fully saturated rings. The molecule has 3 nitrogen and oxygen atoms in total. The molecule has 0 atom stereocenters. The molecular formula is C19H22F3N3. The Morgan fingerprint density at radius 3 is 2.32 bits per heavy atom. The predicted molar refractivity (Wildman–Crippen MR) is 92.0 cm³/mol. The molecule has 1 N–H and O–H groups in total. The summed E-state index contributed by atoms with van der Waals surface area (Å²) in [6.07, 6.45) is -0.231. The van der Waals surface area contributed by atoms with Crippen LogP contribution in [-0.2, 0) is 12.7 Å². The van der Waals surface area contributed by atoms with Gasteiger partial charge in [0.25, 0.3) is 0 Å². The van der Waals surface area contributed by atoms with Crippen molar-refractivity contribution in [2.45, 2.75) is 31.6 Å². The van der Waals surface area contributed by atoms with Crippen LogP contribution in [0.4, 0.5) is 13.2 Å². The Labute approximate surface area is 145 Å². The Morgan fingerprint density at radius 1 is 1.08 bits per heavy atom. The number of piperidine rings is 1. The summed E-state index contributed by atoms with van der Waals surface area (Å²) in [6.45, 7) is 2.99. The summed E-state index contributed by atoms with van der Waals surface area (Å²) in [4.78, 5) is 6.72. The Morgan fingerprint density at radius 2 is 1.76 bits per heavy atom. The quantitative estimate of drug-likeness (QED) is 0.906. The number of benzene rings is 1. The molecular weight excluding hydrogens is 327 g/mol. The lowest BCUT2D eigenvalue weighted by Gasteiger charge is -2.29. The molecule has 2 heterocycles. The van der Waals surface area contributed by atoms with Crippen LogP contribution in [0.5, 0.6) is 0 Å². The van der Waals surface area contributed by atoms with E-state index in [9.17, 15) is 13.2 Å². The van der Waals surface area contributed by atoms with Crippen LogP contribution in [-0.4, -0.2) is 36.1 Å². The van der Waals surface area contributed by atoms with E-state index in [1.54, 1.807) is 6.20 Å². The van der Waals surface area contributed by atoms with Gasteiger partial charge in [0, 0.05) is 24.3 Å². The Kier molecular flexibility index (Phi) is 5.39. The van der Waals surface area contributed by atoms with Gasteiger partial charge in [-0.05, 0) is 56.7 Å². The summed E-state index contributed by atoms with van der Waals surface area (Å²) >= 11 is 0. The van der Waals surface area contributed by atoms with Gasteiger partial charge in [-0.3, -0.25) is 4.98 Å². The average molecular weight is 349 g/mol. The first-order valence-corrected chi connectivity index (χ1v) is 8.46. The SMILES string of the molecule is CN1CCC(NCc2ccc(-c3ccc(C(F)(F)F)cc3)nc2)CC1. The van der Waals surface area contributed by atoms with Crippen molar-refractivity contribution in [3.8, 4) is 11.3 Å². The number of alkyl halides is 3. The molecule has 0 saturated carbocycles. The molecule has 6 heteroatoms. The molecule has 0 radical (unpaired) electrons. The summed E-state index contributed by atoms with van der Waals surface area (Å²) < 4.78 is 37.8. The highest BCUT2D eigenvalue weighted by atomic mass is 19.4. The minimum Gasteiger partial charge on any atom is -0.310 e. The third kappa shape index (κ3) is 4.80. The number of rotatable bonds is 4. The van der Waals surface area contributed by atoms with Crippen molar-refractivity contribution in [2.24, 2.45) is 0 Å². The summed E-state index contributed by atoms with van der Waals surface area (Å²) in [7, 11) is 2.14. The van der Waals surface area contributed by atoms with Crippen molar-refractivity contribution >= 4 is 0 Å². The highest BCUT2D eigenvalue weighted by Crippen LogP contribution is 2.30. The van der Waals surface area contributed by atoms with Crippen LogP contribution in [0, 0.1) is 0 Å². The molecule has 2 aromatic rings. The fourth-order valence-corrected chi connectivity index (χ4v) is 3.00. The molecule has 1 aromatic carbocycles. The lowest BCUT2D eigenvalue weighted by molar-refractivity contribution is -0.137. The van der Waals surface area contributed by atoms with Crippen molar-refractivity contribution in [3.63, 3.8) is 0 Å². The summed E-state index contributed by atoms with van der Waals surface area (Å²) in [5, 5.41) is 3.55. The Bertz CT molecular complexity index is 673. The maximum atomic E-state index is 12.6. The summed E-state index contributed by atoms with van der Waals surface area (Å²) in [6, 6.07) is 9.46. The third-order valence-electron chi connectivity index (χ3n) is 4.65. The van der Waals surface area contributed by atoms with Crippen molar-refractivity contribution in [3.05, 3.63) is 53.7 Å². The molecule has 0 spiro atoms. The van der Waals surface area contributed by atoms with Gasteiger partial charge in [-0.2, -0.15) is 13.2 Å². The maximum Gasteiger partial charge on any atom is 0.416 e. The fourth-order valence-electron chi connectivity index (χ4n) is 3.00. The molecule has 1 saturated heterocycles. The van der Waals surface area contributed by atoms with E-state index in [1.807, 2.05) is 12.1 Å². The van der Waals surface area contributed by atoms with Gasteiger partial charge in [-0.15, -0.1) is 0 Å². The van der Waals surface area contributed by atoms with E-state index in [0.29, 0.717) is 17.3 Å². The monoisotopic (exact) mass is 349 g/mol. The van der Waals surface area contributed by atoms with Crippen molar-refractivity contribution < 1.29 is 13.2 Å². The Hall–Kier alpha value is -1.92. The number of aromatic nitrogens is 1. The number of hydrogen-bond donors (Lipinski definition) is 1. The number of nitrogens with one attached hydrogen (secondary N) is 1. The smallest absolute Gasteiger partial charge is 0.310 e. The van der Waals surface area contributed by atoms with Gasteiger partial charge in [0.15, 0.2) is 0 Å². The standard InChI is InChI=1S/C19H22F3N3/c1-25-10-8-17(9-11-25)23-12-14-2-7-18(24-13-14)15-3-5-16(6-4-15)19(20,21)22/h2-7,13,17,23H,8-12H2,1H3. The Balaban J connectivity index is 1.58. The minimum atomic E-state index is -4.31. The first-order valence-electron chi connectivity index (χ1n) is 8.46. The third-order valence-corrected chi connectivity index (χ3v) is 4.65. The lowest BCUT2D eigenvalue weighted by atomic mass is 10.0. The van der Waals surface area contributed by atoms with Crippen LogP contribution in [0.2, 0.25) is 0 Å². The van der Waals surface area contributed by atoms with Crippen LogP contribution < -0.4 is 5.32 Å². The van der Waals surface area contributed by atoms with Crippen LogP contribution in [0.25, 0.3) is 11.3 Å². The normalized spacial score (nSPS) is 17.0. The van der Waals surface area contributed by atoms with Gasteiger partial charge < -0.3 is 10.2 Å². The van der Waals surface area contributed by atoms with E-state index >= 15 is 0 Å². The van der Waals surface area contributed by atoms with E-state index in [1.165, 1.54) is 12.1 Å². The zero-order valence-corrected chi connectivity index (χ0v) is 14.2. The molecule has 0 aliphatic carbocycles. The second-order valence-corrected chi connectivity index (χ2v) is 6.59. The largest absolute Gasteiger partial charge is 0.416 e. The molecule has 1 aliphatic rings. The van der Waals surface area contributed by atoms with E-state index in [-0.39, 0.29) is 0 Å². The topological polar surface area (TPSA) is 28.2 Å². The number of halogens is 3. The second kappa shape index (κ2) is 7.54. The van der Waals surface area contributed by atoms with E-state index in [2.05, 4.69) is 22.2 Å². The van der Waals surface area contributed by atoms with Gasteiger partial charge in [0.1, 0.15) is 0 Å². The zero-order chi connectivity index (χ0) is 17.9. The van der Waals surface area contributed by atoms with Gasteiger partial charge in [-0.25, -0.2) is 0 Å². The maximum absolute atomic E-state index is 12.6. The number of pyridine rings is 1. The molecule has 0 unspecified atom stereocenters. The second-order valence-electron chi connectivity index (χ2n) is 6.59. The average Bonchev–Trinajstić information content (AvgIpc) is 2.61. The number of nitrogens with zero attached hydrogens (tertiary/aromatic N) is 2.